The lowest BCUT2D eigenvalue weighted by molar-refractivity contribution is -0.138. The maximum absolute atomic E-state index is 13.0. The molecule has 0 radical (unpaired) electrons. The number of rotatable bonds is 7. The van der Waals surface area contributed by atoms with E-state index in [0.717, 1.165) is 23.3 Å². The van der Waals surface area contributed by atoms with Crippen molar-refractivity contribution in [3.8, 4) is 22.4 Å². The lowest BCUT2D eigenvalue weighted by Gasteiger charge is -2.16. The predicted molar refractivity (Wildman–Crippen MR) is 133 cm³/mol. The molecule has 196 valence electrons. The molecule has 7 nitrogen and oxygen atoms in total. The number of hydrogen-bond donors (Lipinski definition) is 2. The highest BCUT2D eigenvalue weighted by Gasteiger charge is 2.31. The summed E-state index contributed by atoms with van der Waals surface area (Å²) < 4.78 is 49.6. The van der Waals surface area contributed by atoms with E-state index >= 15 is 0 Å². The van der Waals surface area contributed by atoms with Crippen LogP contribution in [0.15, 0.2) is 77.3 Å². The highest BCUT2D eigenvalue weighted by Crippen LogP contribution is 2.33. The van der Waals surface area contributed by atoms with E-state index in [1.54, 1.807) is 31.2 Å². The number of alkyl halides is 3. The fourth-order valence-corrected chi connectivity index (χ4v) is 3.85. The van der Waals surface area contributed by atoms with Crippen LogP contribution >= 0.6 is 0 Å². The van der Waals surface area contributed by atoms with Gasteiger partial charge in [-0.05, 0) is 48.2 Å². The molecule has 1 unspecified atom stereocenters. The summed E-state index contributed by atoms with van der Waals surface area (Å²) in [6.07, 6.45) is -6.38. The Kier molecular flexibility index (Phi) is 7.52. The molecule has 38 heavy (non-hydrogen) atoms. The van der Waals surface area contributed by atoms with E-state index < -0.39 is 29.9 Å². The summed E-state index contributed by atoms with van der Waals surface area (Å²) >= 11 is 0. The molecular formula is C28H23F3N2O5. The van der Waals surface area contributed by atoms with Crippen LogP contribution in [0.5, 0.6) is 0 Å². The van der Waals surface area contributed by atoms with E-state index in [9.17, 15) is 22.8 Å². The zero-order valence-corrected chi connectivity index (χ0v) is 20.4. The van der Waals surface area contributed by atoms with Gasteiger partial charge in [-0.15, -0.1) is 0 Å². The van der Waals surface area contributed by atoms with Gasteiger partial charge in [-0.25, -0.2) is 4.79 Å². The number of aryl methyl sites for hydroxylation is 1. The number of nitrogens with zero attached hydrogens (tertiary/aromatic N) is 1. The summed E-state index contributed by atoms with van der Waals surface area (Å²) in [5.74, 6) is -0.579. The smallest absolute Gasteiger partial charge is 0.416 e. The number of aromatic nitrogens is 1. The van der Waals surface area contributed by atoms with E-state index in [2.05, 4.69) is 10.5 Å². The summed E-state index contributed by atoms with van der Waals surface area (Å²) in [6.45, 7) is 3.08. The number of benzene rings is 3. The van der Waals surface area contributed by atoms with Crippen molar-refractivity contribution >= 4 is 17.7 Å². The Bertz CT molecular complexity index is 1440. The van der Waals surface area contributed by atoms with Gasteiger partial charge in [-0.2, -0.15) is 13.2 Å². The van der Waals surface area contributed by atoms with Crippen LogP contribution in [0.3, 0.4) is 0 Å². The molecule has 2 N–H and O–H groups in total. The molecule has 0 aliphatic carbocycles. The maximum atomic E-state index is 13.0. The molecule has 0 bridgehead atoms. The van der Waals surface area contributed by atoms with Crippen molar-refractivity contribution in [1.82, 2.24) is 5.16 Å². The molecule has 0 aliphatic heterocycles. The second-order valence-electron chi connectivity index (χ2n) is 8.60. The normalized spacial score (nSPS) is 12.1. The molecule has 1 aromatic heterocycles. The monoisotopic (exact) mass is 524 g/mol. The van der Waals surface area contributed by atoms with Crippen molar-refractivity contribution in [2.24, 2.45) is 0 Å². The van der Waals surface area contributed by atoms with E-state index in [1.165, 1.54) is 19.1 Å². The minimum Gasteiger partial charge on any atom is -0.481 e. The number of carbonyl (C=O) groups excluding carboxylic acids is 1. The van der Waals surface area contributed by atoms with Gasteiger partial charge in [0.25, 0.3) is 0 Å². The third-order valence-electron chi connectivity index (χ3n) is 5.86. The number of anilines is 1. The van der Waals surface area contributed by atoms with Crippen molar-refractivity contribution in [2.45, 2.75) is 32.5 Å². The Balaban J connectivity index is 1.47. The number of halogens is 3. The van der Waals surface area contributed by atoms with Crippen LogP contribution in [0, 0.1) is 6.92 Å². The van der Waals surface area contributed by atoms with Gasteiger partial charge in [0.2, 0.25) is 0 Å². The van der Waals surface area contributed by atoms with Crippen molar-refractivity contribution in [3.63, 3.8) is 0 Å². The second-order valence-corrected chi connectivity index (χ2v) is 8.60. The van der Waals surface area contributed by atoms with Crippen LogP contribution in [0.1, 0.15) is 35.5 Å². The zero-order chi connectivity index (χ0) is 27.4. The van der Waals surface area contributed by atoms with Crippen LogP contribution in [-0.2, 0) is 22.1 Å². The van der Waals surface area contributed by atoms with Gasteiger partial charge in [0.1, 0.15) is 17.5 Å². The zero-order valence-electron chi connectivity index (χ0n) is 20.4. The first-order chi connectivity index (χ1) is 18.0. The summed E-state index contributed by atoms with van der Waals surface area (Å²) in [5, 5.41) is 15.5. The molecule has 0 saturated carbocycles. The SMILES string of the molecule is Cc1onc(-c2ccc(-c3ccc(CC(=O)O)cc3)cc2)c1NC(=O)OC(C)c1cccc(C(F)(F)F)c1. The van der Waals surface area contributed by atoms with Crippen LogP contribution in [0.4, 0.5) is 23.7 Å². The van der Waals surface area contributed by atoms with Crippen molar-refractivity contribution in [1.29, 1.82) is 0 Å². The Morgan fingerprint density at radius 1 is 1.00 bits per heavy atom. The lowest BCUT2D eigenvalue weighted by atomic mass is 10.0. The van der Waals surface area contributed by atoms with E-state index in [0.29, 0.717) is 22.6 Å². The molecule has 1 atom stereocenters. The van der Waals surface area contributed by atoms with Gasteiger partial charge < -0.3 is 14.4 Å². The van der Waals surface area contributed by atoms with Crippen molar-refractivity contribution in [2.75, 3.05) is 5.32 Å². The number of ether oxygens (including phenoxy) is 1. The Morgan fingerprint density at radius 2 is 1.61 bits per heavy atom. The fourth-order valence-electron chi connectivity index (χ4n) is 3.85. The van der Waals surface area contributed by atoms with Gasteiger partial charge in [0.15, 0.2) is 5.76 Å². The number of carboxylic acids is 1. The van der Waals surface area contributed by atoms with Gasteiger partial charge >= 0.3 is 18.2 Å². The Labute approximate surface area is 215 Å². The molecule has 1 heterocycles. The third kappa shape index (κ3) is 6.20. The third-order valence-corrected chi connectivity index (χ3v) is 5.86. The Hall–Kier alpha value is -4.60. The van der Waals surface area contributed by atoms with Gasteiger partial charge in [-0.1, -0.05) is 65.8 Å². The van der Waals surface area contributed by atoms with Crippen LogP contribution in [-0.4, -0.2) is 22.3 Å². The maximum Gasteiger partial charge on any atom is 0.416 e. The summed E-state index contributed by atoms with van der Waals surface area (Å²) in [4.78, 5) is 23.5. The minimum absolute atomic E-state index is 0.0539. The molecule has 0 saturated heterocycles. The number of hydrogen-bond acceptors (Lipinski definition) is 5. The molecule has 4 aromatic rings. The fraction of sp³-hybridized carbons (Fsp3) is 0.179. The molecule has 1 amide bonds. The first-order valence-corrected chi connectivity index (χ1v) is 11.5. The van der Waals surface area contributed by atoms with Crippen molar-refractivity contribution in [3.05, 3.63) is 95.2 Å². The highest BCUT2D eigenvalue weighted by molar-refractivity contribution is 5.91. The minimum atomic E-state index is -4.51. The van der Waals surface area contributed by atoms with Crippen LogP contribution in [0.25, 0.3) is 22.4 Å². The Morgan fingerprint density at radius 3 is 2.21 bits per heavy atom. The van der Waals surface area contributed by atoms with Gasteiger partial charge in [0, 0.05) is 5.56 Å². The second kappa shape index (κ2) is 10.8. The van der Waals surface area contributed by atoms with Crippen LogP contribution < -0.4 is 5.32 Å². The first kappa shape index (κ1) is 26.5. The average molecular weight is 524 g/mol. The molecule has 0 aliphatic rings. The van der Waals surface area contributed by atoms with Crippen LogP contribution in [0.2, 0.25) is 0 Å². The molecule has 3 aromatic carbocycles. The van der Waals surface area contributed by atoms with E-state index in [4.69, 9.17) is 14.4 Å². The topological polar surface area (TPSA) is 102 Å². The number of aliphatic carboxylic acids is 1. The van der Waals surface area contributed by atoms with Gasteiger partial charge in [0.05, 0.1) is 12.0 Å². The van der Waals surface area contributed by atoms with Gasteiger partial charge in [-0.3, -0.25) is 10.1 Å². The number of amides is 1. The molecule has 4 rings (SSSR count). The van der Waals surface area contributed by atoms with Crippen molar-refractivity contribution < 1.29 is 37.1 Å². The highest BCUT2D eigenvalue weighted by atomic mass is 19.4. The summed E-state index contributed by atoms with van der Waals surface area (Å²) in [5.41, 5.74) is 3.13. The number of nitrogens with one attached hydrogen (secondary N) is 1. The standard InChI is InChI=1S/C28H23F3N2O5/c1-16(22-4-3-5-23(15-22)28(29,30)31)37-27(36)32-25-17(2)38-33-26(25)21-12-10-20(11-13-21)19-8-6-18(7-9-19)14-24(34)35/h3-13,15-16H,14H2,1-2H3,(H,32,36)(H,34,35). The lowest BCUT2D eigenvalue weighted by Crippen LogP contribution is -2.17. The molecular weight excluding hydrogens is 501 g/mol. The molecule has 0 spiro atoms. The summed E-state index contributed by atoms with van der Waals surface area (Å²) in [7, 11) is 0. The number of carboxylic acid groups (broad SMARTS) is 1. The predicted octanol–water partition coefficient (Wildman–Crippen LogP) is 7.27. The summed E-state index contributed by atoms with van der Waals surface area (Å²) in [6, 6.07) is 19.1. The molecule has 10 heteroatoms. The van der Waals surface area contributed by atoms with E-state index in [-0.39, 0.29) is 17.7 Å². The average Bonchev–Trinajstić information content (AvgIpc) is 3.23. The van der Waals surface area contributed by atoms with E-state index in [1.807, 2.05) is 24.3 Å². The quantitative estimate of drug-likeness (QED) is 0.264. The number of carbonyl (C=O) groups is 2. The largest absolute Gasteiger partial charge is 0.481 e. The molecule has 0 fully saturated rings. The first-order valence-electron chi connectivity index (χ1n) is 11.5.